The Morgan fingerprint density at radius 3 is 2.35 bits per heavy atom. The third kappa shape index (κ3) is 5.31. The average molecular weight is 328 g/mol. The number of halogens is 1. The van der Waals surface area contributed by atoms with Crippen LogP contribution in [-0.4, -0.2) is 19.4 Å². The van der Waals surface area contributed by atoms with E-state index < -0.39 is 0 Å². The Labute approximate surface area is 141 Å². The van der Waals surface area contributed by atoms with E-state index in [4.69, 9.17) is 21.1 Å². The maximum atomic E-state index is 5.87. The first-order valence-electron chi connectivity index (χ1n) is 7.14. The van der Waals surface area contributed by atoms with Crippen molar-refractivity contribution in [3.05, 3.63) is 78.4 Å². The van der Waals surface area contributed by atoms with Crippen LogP contribution in [0.15, 0.2) is 72.8 Å². The van der Waals surface area contributed by atoms with Crippen molar-refractivity contribution in [2.45, 2.75) is 0 Å². The Kier molecular flexibility index (Phi) is 6.45. The summed E-state index contributed by atoms with van der Waals surface area (Å²) in [6.45, 7) is 8.15. The second-order valence-electron chi connectivity index (χ2n) is 4.63. The van der Waals surface area contributed by atoms with E-state index in [0.717, 1.165) is 11.3 Å². The van der Waals surface area contributed by atoms with E-state index in [9.17, 15) is 0 Å². The number of aliphatic imine (C=N–C) groups is 1. The molecule has 0 aliphatic rings. The Bertz CT molecular complexity index is 693. The number of benzene rings is 2. The van der Waals surface area contributed by atoms with E-state index in [1.165, 1.54) is 0 Å². The zero-order valence-corrected chi connectivity index (χ0v) is 13.5. The molecule has 0 atom stereocenters. The van der Waals surface area contributed by atoms with Crippen LogP contribution in [0.5, 0.6) is 11.5 Å². The van der Waals surface area contributed by atoms with Gasteiger partial charge < -0.3 is 9.47 Å². The molecule has 0 N–H and O–H groups in total. The van der Waals surface area contributed by atoms with Gasteiger partial charge in [0.2, 0.25) is 0 Å². The fourth-order valence-electron chi connectivity index (χ4n) is 1.81. The zero-order chi connectivity index (χ0) is 16.5. The van der Waals surface area contributed by atoms with Gasteiger partial charge in [0.05, 0.1) is 5.69 Å². The number of nitrogens with zero attached hydrogens (tertiary/aromatic N) is 1. The Morgan fingerprint density at radius 1 is 0.957 bits per heavy atom. The SMILES string of the molecule is C=CCOc1ccc(C=Nc2ccc(Cl)cc2)c(OCC=C)c1. The van der Waals surface area contributed by atoms with Gasteiger partial charge in [-0.2, -0.15) is 0 Å². The highest BCUT2D eigenvalue weighted by Gasteiger charge is 2.04. The highest BCUT2D eigenvalue weighted by molar-refractivity contribution is 6.30. The second-order valence-corrected chi connectivity index (χ2v) is 5.07. The molecule has 23 heavy (non-hydrogen) atoms. The van der Waals surface area contributed by atoms with Crippen LogP contribution in [0.4, 0.5) is 5.69 Å². The summed E-state index contributed by atoms with van der Waals surface area (Å²) in [5, 5.41) is 0.683. The molecule has 0 heterocycles. The summed E-state index contributed by atoms with van der Waals surface area (Å²) in [6.07, 6.45) is 5.14. The molecule has 0 aliphatic carbocycles. The van der Waals surface area contributed by atoms with Crippen molar-refractivity contribution in [1.82, 2.24) is 0 Å². The summed E-state index contributed by atoms with van der Waals surface area (Å²) in [6, 6.07) is 12.9. The van der Waals surface area contributed by atoms with Crippen molar-refractivity contribution in [2.24, 2.45) is 4.99 Å². The lowest BCUT2D eigenvalue weighted by molar-refractivity contribution is 0.344. The maximum Gasteiger partial charge on any atom is 0.132 e. The van der Waals surface area contributed by atoms with Gasteiger partial charge in [-0.25, -0.2) is 0 Å². The first kappa shape index (κ1) is 16.8. The van der Waals surface area contributed by atoms with Gasteiger partial charge in [0.25, 0.3) is 0 Å². The first-order chi connectivity index (χ1) is 11.2. The Balaban J connectivity index is 2.22. The molecule has 4 heteroatoms. The van der Waals surface area contributed by atoms with Crippen molar-refractivity contribution in [3.8, 4) is 11.5 Å². The van der Waals surface area contributed by atoms with Crippen LogP contribution in [0.1, 0.15) is 5.56 Å². The van der Waals surface area contributed by atoms with Gasteiger partial charge in [-0.1, -0.05) is 36.9 Å². The molecule has 0 bridgehead atoms. The summed E-state index contributed by atoms with van der Waals surface area (Å²) in [5.74, 6) is 1.40. The minimum atomic E-state index is 0.409. The van der Waals surface area contributed by atoms with E-state index in [1.54, 1.807) is 30.5 Å². The van der Waals surface area contributed by atoms with Crippen LogP contribution in [0.2, 0.25) is 5.02 Å². The Morgan fingerprint density at radius 2 is 1.65 bits per heavy atom. The van der Waals surface area contributed by atoms with Gasteiger partial charge >= 0.3 is 0 Å². The first-order valence-corrected chi connectivity index (χ1v) is 7.52. The monoisotopic (exact) mass is 327 g/mol. The van der Waals surface area contributed by atoms with Gasteiger partial charge in [-0.15, -0.1) is 0 Å². The molecule has 0 saturated carbocycles. The van der Waals surface area contributed by atoms with E-state index in [2.05, 4.69) is 18.2 Å². The second kappa shape index (κ2) is 8.81. The smallest absolute Gasteiger partial charge is 0.132 e. The molecular weight excluding hydrogens is 310 g/mol. The molecule has 0 spiro atoms. The number of ether oxygens (including phenoxy) is 2. The molecule has 0 aliphatic heterocycles. The van der Waals surface area contributed by atoms with Crippen LogP contribution in [0, 0.1) is 0 Å². The van der Waals surface area contributed by atoms with E-state index in [-0.39, 0.29) is 0 Å². The van der Waals surface area contributed by atoms with Gasteiger partial charge in [0.15, 0.2) is 0 Å². The fourth-order valence-corrected chi connectivity index (χ4v) is 1.94. The summed E-state index contributed by atoms with van der Waals surface area (Å²) in [7, 11) is 0. The molecule has 0 saturated heterocycles. The molecule has 2 rings (SSSR count). The minimum Gasteiger partial charge on any atom is -0.489 e. The van der Waals surface area contributed by atoms with Crippen molar-refractivity contribution < 1.29 is 9.47 Å². The van der Waals surface area contributed by atoms with Crippen molar-refractivity contribution in [3.63, 3.8) is 0 Å². The molecule has 0 amide bonds. The molecule has 3 nitrogen and oxygen atoms in total. The topological polar surface area (TPSA) is 30.8 Å². The molecule has 118 valence electrons. The molecule has 0 radical (unpaired) electrons. The maximum absolute atomic E-state index is 5.87. The largest absolute Gasteiger partial charge is 0.489 e. The lowest BCUT2D eigenvalue weighted by atomic mass is 10.2. The van der Waals surface area contributed by atoms with Crippen molar-refractivity contribution in [2.75, 3.05) is 13.2 Å². The number of hydrogen-bond acceptors (Lipinski definition) is 3. The van der Waals surface area contributed by atoms with E-state index in [0.29, 0.717) is 29.7 Å². The molecular formula is C19H18ClNO2. The minimum absolute atomic E-state index is 0.409. The highest BCUT2D eigenvalue weighted by Crippen LogP contribution is 2.25. The van der Waals surface area contributed by atoms with Crippen molar-refractivity contribution >= 4 is 23.5 Å². The number of hydrogen-bond donors (Lipinski definition) is 0. The summed E-state index contributed by atoms with van der Waals surface area (Å²) < 4.78 is 11.2. The van der Waals surface area contributed by atoms with Gasteiger partial charge in [0, 0.05) is 22.9 Å². The number of rotatable bonds is 8. The van der Waals surface area contributed by atoms with Crippen LogP contribution >= 0.6 is 11.6 Å². The fraction of sp³-hybridized carbons (Fsp3) is 0.105. The lowest BCUT2D eigenvalue weighted by Gasteiger charge is -2.10. The third-order valence-electron chi connectivity index (χ3n) is 2.89. The molecule has 0 aromatic heterocycles. The lowest BCUT2D eigenvalue weighted by Crippen LogP contribution is -1.99. The predicted octanol–water partition coefficient (Wildman–Crippen LogP) is 5.22. The van der Waals surface area contributed by atoms with Gasteiger partial charge in [-0.05, 0) is 36.4 Å². The normalized spacial score (nSPS) is 10.5. The predicted molar refractivity (Wildman–Crippen MR) is 96.5 cm³/mol. The van der Waals surface area contributed by atoms with Crippen molar-refractivity contribution in [1.29, 1.82) is 0 Å². The molecule has 2 aromatic carbocycles. The third-order valence-corrected chi connectivity index (χ3v) is 3.14. The van der Waals surface area contributed by atoms with Gasteiger partial charge in [-0.3, -0.25) is 4.99 Å². The summed E-state index contributed by atoms with van der Waals surface area (Å²) in [4.78, 5) is 4.43. The Hall–Kier alpha value is -2.52. The van der Waals surface area contributed by atoms with E-state index in [1.807, 2.05) is 30.3 Å². The zero-order valence-electron chi connectivity index (χ0n) is 12.7. The molecule has 0 unspecified atom stereocenters. The standard InChI is InChI=1S/C19H18ClNO2/c1-3-11-22-18-10-5-15(19(13-18)23-12-4-2)14-21-17-8-6-16(20)7-9-17/h3-10,13-14H,1-2,11-12H2. The molecule has 0 fully saturated rings. The summed E-state index contributed by atoms with van der Waals surface area (Å²) >= 11 is 5.87. The summed E-state index contributed by atoms with van der Waals surface area (Å²) in [5.41, 5.74) is 1.67. The van der Waals surface area contributed by atoms with Crippen LogP contribution in [-0.2, 0) is 0 Å². The highest BCUT2D eigenvalue weighted by atomic mass is 35.5. The average Bonchev–Trinajstić information content (AvgIpc) is 2.58. The van der Waals surface area contributed by atoms with Crippen LogP contribution in [0.25, 0.3) is 0 Å². The van der Waals surface area contributed by atoms with E-state index >= 15 is 0 Å². The van der Waals surface area contributed by atoms with Crippen LogP contribution in [0.3, 0.4) is 0 Å². The quantitative estimate of drug-likeness (QED) is 0.491. The molecule has 2 aromatic rings. The van der Waals surface area contributed by atoms with Gasteiger partial charge in [0.1, 0.15) is 24.7 Å². The van der Waals surface area contributed by atoms with Crippen LogP contribution < -0.4 is 9.47 Å².